The van der Waals surface area contributed by atoms with Gasteiger partial charge in [-0.2, -0.15) is 0 Å². The van der Waals surface area contributed by atoms with Crippen molar-refractivity contribution in [3.63, 3.8) is 0 Å². The molecule has 0 saturated heterocycles. The van der Waals surface area contributed by atoms with Crippen molar-refractivity contribution < 1.29 is 22.6 Å². The molecule has 0 bridgehead atoms. The number of ether oxygens (including phenoxy) is 2. The van der Waals surface area contributed by atoms with Crippen LogP contribution in [0.2, 0.25) is 0 Å². The first kappa shape index (κ1) is 14.6. The topological polar surface area (TPSA) is 70.3 Å². The van der Waals surface area contributed by atoms with Crippen LogP contribution in [0.1, 0.15) is 11.5 Å². The van der Waals surface area contributed by atoms with Gasteiger partial charge in [0, 0.05) is 12.0 Å². The van der Waals surface area contributed by atoms with E-state index in [9.17, 15) is 13.2 Å². The normalized spacial score (nSPS) is 13.6. The van der Waals surface area contributed by atoms with Crippen LogP contribution in [0.4, 0.5) is 13.2 Å². The average Bonchev–Trinajstić information content (AvgIpc) is 2.93. The lowest BCUT2D eigenvalue weighted by molar-refractivity contribution is -0.274. The zero-order valence-electron chi connectivity index (χ0n) is 11.4. The van der Waals surface area contributed by atoms with Crippen molar-refractivity contribution in [3.05, 3.63) is 35.8 Å². The second kappa shape index (κ2) is 5.45. The van der Waals surface area contributed by atoms with Crippen molar-refractivity contribution >= 4 is 0 Å². The van der Waals surface area contributed by atoms with Crippen LogP contribution in [-0.4, -0.2) is 22.9 Å². The van der Waals surface area contributed by atoms with Gasteiger partial charge in [-0.25, -0.2) is 9.97 Å². The molecule has 0 unspecified atom stereocenters. The Kier molecular flexibility index (Phi) is 3.61. The fourth-order valence-electron chi connectivity index (χ4n) is 2.22. The monoisotopic (exact) mass is 311 g/mol. The summed E-state index contributed by atoms with van der Waals surface area (Å²) in [7, 11) is 0. The molecule has 1 aliphatic heterocycles. The SMILES string of the molecule is NCc1nc2c(c(-c3ccc(OC(F)(F)F)cc3)n1)OCC2. The molecule has 1 aromatic carbocycles. The molecule has 0 amide bonds. The van der Waals surface area contributed by atoms with Gasteiger partial charge in [0.25, 0.3) is 0 Å². The van der Waals surface area contributed by atoms with Gasteiger partial charge in [0.1, 0.15) is 17.3 Å². The van der Waals surface area contributed by atoms with Crippen LogP contribution in [0.15, 0.2) is 24.3 Å². The van der Waals surface area contributed by atoms with Crippen molar-refractivity contribution in [3.8, 4) is 22.8 Å². The summed E-state index contributed by atoms with van der Waals surface area (Å²) in [6.45, 7) is 0.676. The smallest absolute Gasteiger partial charge is 0.489 e. The van der Waals surface area contributed by atoms with Crippen molar-refractivity contribution in [2.75, 3.05) is 6.61 Å². The number of hydrogen-bond donors (Lipinski definition) is 1. The van der Waals surface area contributed by atoms with Gasteiger partial charge in [-0.15, -0.1) is 13.2 Å². The summed E-state index contributed by atoms with van der Waals surface area (Å²) in [6, 6.07) is 5.44. The highest BCUT2D eigenvalue weighted by atomic mass is 19.4. The molecule has 1 aromatic heterocycles. The number of benzene rings is 1. The Morgan fingerprint density at radius 1 is 1.18 bits per heavy atom. The average molecular weight is 311 g/mol. The summed E-state index contributed by atoms with van der Waals surface area (Å²) in [5.41, 5.74) is 7.48. The van der Waals surface area contributed by atoms with Gasteiger partial charge in [0.05, 0.1) is 18.8 Å². The van der Waals surface area contributed by atoms with Gasteiger partial charge in [-0.1, -0.05) is 0 Å². The molecule has 0 aliphatic carbocycles. The predicted octanol–water partition coefficient (Wildman–Crippen LogP) is 2.44. The number of nitrogens with two attached hydrogens (primary N) is 1. The van der Waals surface area contributed by atoms with E-state index in [-0.39, 0.29) is 12.3 Å². The Morgan fingerprint density at radius 2 is 1.91 bits per heavy atom. The summed E-state index contributed by atoms with van der Waals surface area (Å²) in [5, 5.41) is 0. The zero-order chi connectivity index (χ0) is 15.7. The first-order valence-corrected chi connectivity index (χ1v) is 6.55. The third-order valence-corrected chi connectivity index (χ3v) is 3.11. The number of alkyl halides is 3. The van der Waals surface area contributed by atoms with Crippen molar-refractivity contribution in [2.45, 2.75) is 19.3 Å². The maximum absolute atomic E-state index is 12.2. The van der Waals surface area contributed by atoms with E-state index >= 15 is 0 Å². The summed E-state index contributed by atoms with van der Waals surface area (Å²) >= 11 is 0. The van der Waals surface area contributed by atoms with Crippen LogP contribution in [-0.2, 0) is 13.0 Å². The molecule has 22 heavy (non-hydrogen) atoms. The standard InChI is InChI=1S/C14H12F3N3O2/c15-14(16,17)22-9-3-1-8(2-4-9)12-13-10(5-6-21-13)19-11(7-18)20-12/h1-4H,5-7,18H2. The van der Waals surface area contributed by atoms with Crippen molar-refractivity contribution in [1.82, 2.24) is 9.97 Å². The van der Waals surface area contributed by atoms with E-state index in [1.54, 1.807) is 0 Å². The highest BCUT2D eigenvalue weighted by molar-refractivity contribution is 5.68. The first-order valence-electron chi connectivity index (χ1n) is 6.55. The molecule has 5 nitrogen and oxygen atoms in total. The van der Waals surface area contributed by atoms with Gasteiger partial charge in [0.2, 0.25) is 0 Å². The minimum atomic E-state index is -4.71. The Bertz CT molecular complexity index is 687. The number of hydrogen-bond acceptors (Lipinski definition) is 5. The van der Waals surface area contributed by atoms with Gasteiger partial charge in [0.15, 0.2) is 5.75 Å². The summed E-state index contributed by atoms with van der Waals surface area (Å²) in [5.74, 6) is 0.735. The molecule has 0 saturated carbocycles. The fraction of sp³-hybridized carbons (Fsp3) is 0.286. The molecule has 0 spiro atoms. The number of rotatable bonds is 3. The number of aromatic nitrogens is 2. The van der Waals surface area contributed by atoms with E-state index in [1.807, 2.05) is 0 Å². The number of nitrogens with zero attached hydrogens (tertiary/aromatic N) is 2. The molecule has 0 atom stereocenters. The molecule has 3 rings (SSSR count). The molecule has 0 radical (unpaired) electrons. The Hall–Kier alpha value is -2.35. The lowest BCUT2D eigenvalue weighted by atomic mass is 10.1. The fourth-order valence-corrected chi connectivity index (χ4v) is 2.22. The largest absolute Gasteiger partial charge is 0.573 e. The van der Waals surface area contributed by atoms with E-state index < -0.39 is 6.36 Å². The van der Waals surface area contributed by atoms with E-state index in [1.165, 1.54) is 24.3 Å². The second-order valence-corrected chi connectivity index (χ2v) is 4.64. The minimum Gasteiger partial charge on any atom is -0.489 e. The second-order valence-electron chi connectivity index (χ2n) is 4.64. The first-order chi connectivity index (χ1) is 10.5. The molecule has 8 heteroatoms. The molecule has 0 fully saturated rings. The quantitative estimate of drug-likeness (QED) is 0.943. The Balaban J connectivity index is 1.96. The molecular weight excluding hydrogens is 299 g/mol. The van der Waals surface area contributed by atoms with E-state index in [0.29, 0.717) is 35.9 Å². The molecular formula is C14H12F3N3O2. The van der Waals surface area contributed by atoms with Crippen molar-refractivity contribution in [2.24, 2.45) is 5.73 Å². The van der Waals surface area contributed by atoms with Crippen LogP contribution in [0, 0.1) is 0 Å². The predicted molar refractivity (Wildman–Crippen MR) is 71.2 cm³/mol. The Labute approximate surface area is 123 Å². The minimum absolute atomic E-state index is 0.176. The maximum Gasteiger partial charge on any atom is 0.573 e. The van der Waals surface area contributed by atoms with Crippen LogP contribution in [0.3, 0.4) is 0 Å². The third-order valence-electron chi connectivity index (χ3n) is 3.11. The zero-order valence-corrected chi connectivity index (χ0v) is 11.4. The summed E-state index contributed by atoms with van der Waals surface area (Å²) in [4.78, 5) is 8.60. The van der Waals surface area contributed by atoms with Crippen LogP contribution >= 0.6 is 0 Å². The van der Waals surface area contributed by atoms with E-state index in [4.69, 9.17) is 10.5 Å². The molecule has 2 heterocycles. The summed E-state index contributed by atoms with van der Waals surface area (Å²) in [6.07, 6.45) is -4.05. The van der Waals surface area contributed by atoms with Gasteiger partial charge < -0.3 is 15.2 Å². The van der Waals surface area contributed by atoms with Gasteiger partial charge >= 0.3 is 6.36 Å². The summed E-state index contributed by atoms with van der Waals surface area (Å²) < 4.78 is 45.9. The van der Waals surface area contributed by atoms with Gasteiger partial charge in [-0.3, -0.25) is 0 Å². The highest BCUT2D eigenvalue weighted by Crippen LogP contribution is 2.35. The van der Waals surface area contributed by atoms with Crippen LogP contribution in [0.25, 0.3) is 11.3 Å². The molecule has 2 aromatic rings. The Morgan fingerprint density at radius 3 is 2.55 bits per heavy atom. The number of halogens is 3. The lowest BCUT2D eigenvalue weighted by Crippen LogP contribution is -2.16. The highest BCUT2D eigenvalue weighted by Gasteiger charge is 2.31. The van der Waals surface area contributed by atoms with E-state index in [0.717, 1.165) is 5.69 Å². The van der Waals surface area contributed by atoms with Gasteiger partial charge in [-0.05, 0) is 24.3 Å². The van der Waals surface area contributed by atoms with Crippen molar-refractivity contribution in [1.29, 1.82) is 0 Å². The third kappa shape index (κ3) is 2.96. The molecule has 1 aliphatic rings. The van der Waals surface area contributed by atoms with Crippen LogP contribution in [0.5, 0.6) is 11.5 Å². The van der Waals surface area contributed by atoms with E-state index in [2.05, 4.69) is 14.7 Å². The lowest BCUT2D eigenvalue weighted by Gasteiger charge is -2.11. The molecule has 2 N–H and O–H groups in total. The maximum atomic E-state index is 12.2. The molecule has 116 valence electrons. The van der Waals surface area contributed by atoms with Crippen LogP contribution < -0.4 is 15.2 Å². The number of fused-ring (bicyclic) bond motifs is 1.